The molecule has 0 N–H and O–H groups in total. The molecule has 0 fully saturated rings. The Labute approximate surface area is 106 Å². The van der Waals surface area contributed by atoms with Crippen molar-refractivity contribution in [2.75, 3.05) is 0 Å². The Kier molecular flexibility index (Phi) is 4.26. The zero-order valence-corrected chi connectivity index (χ0v) is 10.5. The molecule has 1 rings (SSSR count). The fourth-order valence-corrected chi connectivity index (χ4v) is 1.80. The van der Waals surface area contributed by atoms with E-state index in [9.17, 15) is 19.8 Å². The fourth-order valence-electron chi connectivity index (χ4n) is 1.80. The first-order valence-corrected chi connectivity index (χ1v) is 5.59. The van der Waals surface area contributed by atoms with Gasteiger partial charge in [-0.1, -0.05) is 38.1 Å². The molecule has 0 aromatic heterocycles. The predicted molar refractivity (Wildman–Crippen MR) is 63.1 cm³/mol. The third-order valence-electron chi connectivity index (χ3n) is 2.74. The van der Waals surface area contributed by atoms with Gasteiger partial charge in [0.05, 0.1) is 11.9 Å². The van der Waals surface area contributed by atoms with Crippen LogP contribution in [0.25, 0.3) is 5.57 Å². The fraction of sp³-hybridized carbons (Fsp3) is 0.286. The maximum Gasteiger partial charge on any atom is 0.0724 e. The van der Waals surface area contributed by atoms with Crippen molar-refractivity contribution in [3.63, 3.8) is 0 Å². The van der Waals surface area contributed by atoms with Gasteiger partial charge in [-0.25, -0.2) is 0 Å². The molecule has 1 aromatic rings. The van der Waals surface area contributed by atoms with Gasteiger partial charge >= 0.3 is 0 Å². The molecule has 96 valence electrons. The minimum absolute atomic E-state index is 0.0742. The first-order chi connectivity index (χ1) is 8.36. The molecule has 0 amide bonds. The molecular formula is C14H14O4-2. The summed E-state index contributed by atoms with van der Waals surface area (Å²) in [6, 6.07) is 6.78. The highest BCUT2D eigenvalue weighted by Gasteiger charge is 2.14. The SMILES string of the molecule is C/C(C(=O)[O-])=C(/C(=O)[O-])c1ccccc1C(C)C. The topological polar surface area (TPSA) is 80.3 Å². The molecule has 0 bridgehead atoms. The first-order valence-electron chi connectivity index (χ1n) is 5.59. The van der Waals surface area contributed by atoms with Gasteiger partial charge in [-0.2, -0.15) is 0 Å². The van der Waals surface area contributed by atoms with Gasteiger partial charge in [0.25, 0.3) is 0 Å². The molecular weight excluding hydrogens is 232 g/mol. The number of carbonyl (C=O) groups is 2. The normalized spacial score (nSPS) is 12.2. The van der Waals surface area contributed by atoms with Crippen LogP contribution in [0.5, 0.6) is 0 Å². The van der Waals surface area contributed by atoms with Gasteiger partial charge in [0.2, 0.25) is 0 Å². The Morgan fingerprint density at radius 1 is 1.06 bits per heavy atom. The van der Waals surface area contributed by atoms with Crippen molar-refractivity contribution in [2.24, 2.45) is 0 Å². The second-order valence-corrected chi connectivity index (χ2v) is 4.32. The van der Waals surface area contributed by atoms with Crippen LogP contribution in [-0.2, 0) is 9.59 Å². The zero-order chi connectivity index (χ0) is 13.9. The van der Waals surface area contributed by atoms with E-state index in [0.29, 0.717) is 5.56 Å². The summed E-state index contributed by atoms with van der Waals surface area (Å²) in [5.74, 6) is -2.94. The molecule has 4 nitrogen and oxygen atoms in total. The molecule has 0 aliphatic rings. The van der Waals surface area contributed by atoms with E-state index in [4.69, 9.17) is 0 Å². The Bertz CT molecular complexity index is 512. The van der Waals surface area contributed by atoms with Crippen molar-refractivity contribution in [3.05, 3.63) is 41.0 Å². The van der Waals surface area contributed by atoms with Gasteiger partial charge in [-0.3, -0.25) is 0 Å². The number of rotatable bonds is 4. The number of benzene rings is 1. The Hall–Kier alpha value is -2.10. The van der Waals surface area contributed by atoms with E-state index in [-0.39, 0.29) is 17.1 Å². The highest BCUT2D eigenvalue weighted by Crippen LogP contribution is 2.27. The minimum atomic E-state index is -1.51. The van der Waals surface area contributed by atoms with Gasteiger partial charge in [0.15, 0.2) is 0 Å². The lowest BCUT2D eigenvalue weighted by atomic mass is 9.90. The second kappa shape index (κ2) is 5.49. The van der Waals surface area contributed by atoms with Gasteiger partial charge < -0.3 is 19.8 Å². The van der Waals surface area contributed by atoms with Crippen molar-refractivity contribution < 1.29 is 19.8 Å². The van der Waals surface area contributed by atoms with E-state index in [1.165, 1.54) is 6.92 Å². The molecule has 1 aromatic carbocycles. The van der Waals surface area contributed by atoms with Gasteiger partial charge in [0.1, 0.15) is 0 Å². The lowest BCUT2D eigenvalue weighted by molar-refractivity contribution is -0.301. The van der Waals surface area contributed by atoms with Crippen molar-refractivity contribution in [2.45, 2.75) is 26.7 Å². The third kappa shape index (κ3) is 2.77. The smallest absolute Gasteiger partial charge is 0.0724 e. The maximum absolute atomic E-state index is 11.2. The van der Waals surface area contributed by atoms with Crippen LogP contribution in [0.2, 0.25) is 0 Å². The summed E-state index contributed by atoms with van der Waals surface area (Å²) in [6.07, 6.45) is 0. The summed E-state index contributed by atoms with van der Waals surface area (Å²) in [7, 11) is 0. The van der Waals surface area contributed by atoms with Gasteiger partial charge in [0, 0.05) is 5.57 Å². The summed E-state index contributed by atoms with van der Waals surface area (Å²) in [5.41, 5.74) is 0.480. The molecule has 4 heteroatoms. The summed E-state index contributed by atoms with van der Waals surface area (Å²) in [5, 5.41) is 22.0. The van der Waals surface area contributed by atoms with Crippen LogP contribution in [0, 0.1) is 0 Å². The molecule has 0 spiro atoms. The summed E-state index contributed by atoms with van der Waals surface area (Å²) in [4.78, 5) is 22.0. The molecule has 0 saturated heterocycles. The Balaban J connectivity index is 3.55. The van der Waals surface area contributed by atoms with E-state index >= 15 is 0 Å². The maximum atomic E-state index is 11.2. The molecule has 0 atom stereocenters. The summed E-state index contributed by atoms with van der Waals surface area (Å²) in [6.45, 7) is 5.01. The monoisotopic (exact) mass is 246 g/mol. The van der Waals surface area contributed by atoms with Crippen molar-refractivity contribution in [1.29, 1.82) is 0 Å². The molecule has 0 aliphatic carbocycles. The highest BCUT2D eigenvalue weighted by molar-refractivity contribution is 6.20. The van der Waals surface area contributed by atoms with Crippen LogP contribution < -0.4 is 10.2 Å². The highest BCUT2D eigenvalue weighted by atomic mass is 16.4. The average molecular weight is 246 g/mol. The van der Waals surface area contributed by atoms with Crippen LogP contribution in [0.1, 0.15) is 37.8 Å². The zero-order valence-electron chi connectivity index (χ0n) is 10.5. The van der Waals surface area contributed by atoms with Gasteiger partial charge in [-0.15, -0.1) is 0 Å². The third-order valence-corrected chi connectivity index (χ3v) is 2.74. The van der Waals surface area contributed by atoms with Crippen LogP contribution in [0.3, 0.4) is 0 Å². The van der Waals surface area contributed by atoms with E-state index in [1.807, 2.05) is 13.8 Å². The lowest BCUT2D eigenvalue weighted by Gasteiger charge is -2.19. The first kappa shape index (κ1) is 14.0. The van der Waals surface area contributed by atoms with Crippen LogP contribution in [0.4, 0.5) is 0 Å². The predicted octanol–water partition coefficient (Wildman–Crippen LogP) is 0.0833. The molecule has 0 aliphatic heterocycles. The van der Waals surface area contributed by atoms with E-state index in [2.05, 4.69) is 0 Å². The molecule has 0 unspecified atom stereocenters. The number of carbonyl (C=O) groups excluding carboxylic acids is 2. The number of carboxylic acids is 2. The Morgan fingerprint density at radius 2 is 1.61 bits per heavy atom. The van der Waals surface area contributed by atoms with Crippen molar-refractivity contribution >= 4 is 17.5 Å². The Morgan fingerprint density at radius 3 is 2.06 bits per heavy atom. The van der Waals surface area contributed by atoms with Crippen molar-refractivity contribution in [1.82, 2.24) is 0 Å². The number of hydrogen-bond donors (Lipinski definition) is 0. The van der Waals surface area contributed by atoms with E-state index in [0.717, 1.165) is 5.56 Å². The number of carboxylic acid groups (broad SMARTS) is 2. The summed E-state index contributed by atoms with van der Waals surface area (Å²) >= 11 is 0. The van der Waals surface area contributed by atoms with Crippen LogP contribution >= 0.6 is 0 Å². The standard InChI is InChI=1S/C14H16O4/c1-8(2)10-6-4-5-7-11(10)12(14(17)18)9(3)13(15)16/h4-8H,1-3H3,(H,15,16)(H,17,18)/p-2/b12-9-. The minimum Gasteiger partial charge on any atom is -0.545 e. The quantitative estimate of drug-likeness (QED) is 0.705. The second-order valence-electron chi connectivity index (χ2n) is 4.32. The van der Waals surface area contributed by atoms with Crippen molar-refractivity contribution in [3.8, 4) is 0 Å². The largest absolute Gasteiger partial charge is 0.545 e. The molecule has 0 saturated carbocycles. The van der Waals surface area contributed by atoms with Gasteiger partial charge in [-0.05, 0) is 29.5 Å². The van der Waals surface area contributed by atoms with E-state index in [1.54, 1.807) is 24.3 Å². The van der Waals surface area contributed by atoms with E-state index < -0.39 is 11.9 Å². The summed E-state index contributed by atoms with van der Waals surface area (Å²) < 4.78 is 0. The molecule has 0 heterocycles. The van der Waals surface area contributed by atoms with Crippen LogP contribution in [-0.4, -0.2) is 11.9 Å². The average Bonchev–Trinajstić information content (AvgIpc) is 2.28. The molecule has 0 radical (unpaired) electrons. The lowest BCUT2D eigenvalue weighted by Crippen LogP contribution is -2.30. The van der Waals surface area contributed by atoms with Crippen LogP contribution in [0.15, 0.2) is 29.8 Å². The number of hydrogen-bond acceptors (Lipinski definition) is 4. The molecule has 18 heavy (non-hydrogen) atoms. The number of aliphatic carboxylic acids is 2.